The van der Waals surface area contributed by atoms with Crippen molar-refractivity contribution in [1.29, 1.82) is 0 Å². The third-order valence-electron chi connectivity index (χ3n) is 3.40. The number of hydrogen-bond donors (Lipinski definition) is 2. The molecule has 0 saturated carbocycles. The molecule has 116 valence electrons. The Labute approximate surface area is 130 Å². The zero-order valence-electron chi connectivity index (χ0n) is 12.6. The molecule has 0 spiro atoms. The van der Waals surface area contributed by atoms with Gasteiger partial charge in [0.1, 0.15) is 0 Å². The van der Waals surface area contributed by atoms with Crippen molar-refractivity contribution in [3.05, 3.63) is 40.9 Å². The molecule has 1 rings (SSSR count). The summed E-state index contributed by atoms with van der Waals surface area (Å²) < 4.78 is 0. The monoisotopic (exact) mass is 311 g/mol. The number of carbonyl (C=O) groups excluding carboxylic acids is 1. The number of hydrogen-bond acceptors (Lipinski definition) is 3. The van der Waals surface area contributed by atoms with E-state index in [9.17, 15) is 15.0 Å². The highest BCUT2D eigenvalue weighted by atomic mass is 35.5. The van der Waals surface area contributed by atoms with Gasteiger partial charge in [-0.25, -0.2) is 0 Å². The number of aliphatic hydroxyl groups is 2. The van der Waals surface area contributed by atoms with E-state index in [1.54, 1.807) is 20.0 Å². The van der Waals surface area contributed by atoms with Crippen molar-refractivity contribution in [2.45, 2.75) is 13.8 Å². The van der Waals surface area contributed by atoms with Gasteiger partial charge in [0.25, 0.3) is 0 Å². The Hall–Kier alpha value is -1.36. The van der Waals surface area contributed by atoms with Crippen molar-refractivity contribution in [1.82, 2.24) is 4.90 Å². The number of rotatable bonds is 6. The maximum atomic E-state index is 12.2. The normalized spacial score (nSPS) is 12.4. The lowest BCUT2D eigenvalue weighted by atomic mass is 9.92. The molecule has 5 heteroatoms. The van der Waals surface area contributed by atoms with Crippen molar-refractivity contribution >= 4 is 23.1 Å². The highest BCUT2D eigenvalue weighted by Crippen LogP contribution is 2.23. The summed E-state index contributed by atoms with van der Waals surface area (Å²) in [7, 11) is 1.64. The van der Waals surface area contributed by atoms with E-state index in [2.05, 4.69) is 0 Å². The number of likely N-dealkylation sites (N-methyl/N-ethyl adjacent to an activating group) is 1. The van der Waals surface area contributed by atoms with Crippen molar-refractivity contribution in [2.24, 2.45) is 5.41 Å². The predicted octanol–water partition coefficient (Wildman–Crippen LogP) is 2.19. The zero-order chi connectivity index (χ0) is 16.0. The Balaban J connectivity index is 2.84. The Morgan fingerprint density at radius 2 is 1.90 bits per heavy atom. The molecule has 0 saturated heterocycles. The summed E-state index contributed by atoms with van der Waals surface area (Å²) in [5, 5.41) is 19.2. The Bertz CT molecular complexity index is 524. The van der Waals surface area contributed by atoms with Gasteiger partial charge < -0.3 is 15.1 Å². The summed E-state index contributed by atoms with van der Waals surface area (Å²) in [6.45, 7) is 3.44. The third kappa shape index (κ3) is 4.84. The van der Waals surface area contributed by atoms with E-state index in [1.165, 1.54) is 11.0 Å². The molecule has 0 aliphatic rings. The zero-order valence-corrected chi connectivity index (χ0v) is 13.4. The topological polar surface area (TPSA) is 60.8 Å². The fourth-order valence-electron chi connectivity index (χ4n) is 1.95. The number of benzene rings is 1. The van der Waals surface area contributed by atoms with Gasteiger partial charge >= 0.3 is 0 Å². The molecule has 0 aliphatic carbocycles. The first-order valence-electron chi connectivity index (χ1n) is 6.73. The van der Waals surface area contributed by atoms with Crippen molar-refractivity contribution in [3.63, 3.8) is 0 Å². The highest BCUT2D eigenvalue weighted by Gasteiger charge is 2.25. The molecule has 0 aliphatic heterocycles. The second-order valence-corrected chi connectivity index (χ2v) is 6.04. The van der Waals surface area contributed by atoms with Crippen LogP contribution in [0, 0.1) is 5.41 Å². The van der Waals surface area contributed by atoms with Crippen LogP contribution in [-0.2, 0) is 4.79 Å². The van der Waals surface area contributed by atoms with Gasteiger partial charge in [0.2, 0.25) is 5.91 Å². The first-order valence-corrected chi connectivity index (χ1v) is 7.11. The molecule has 21 heavy (non-hydrogen) atoms. The van der Waals surface area contributed by atoms with Crippen LogP contribution in [0.1, 0.15) is 19.4 Å². The number of carbonyl (C=O) groups is 1. The maximum Gasteiger partial charge on any atom is 0.246 e. The molecule has 0 atom stereocenters. The van der Waals surface area contributed by atoms with Crippen molar-refractivity contribution in [2.75, 3.05) is 26.8 Å². The lowest BCUT2D eigenvalue weighted by molar-refractivity contribution is -0.126. The van der Waals surface area contributed by atoms with E-state index in [0.29, 0.717) is 5.02 Å². The van der Waals surface area contributed by atoms with Crippen molar-refractivity contribution < 1.29 is 15.0 Å². The second-order valence-electron chi connectivity index (χ2n) is 5.63. The Morgan fingerprint density at radius 1 is 1.33 bits per heavy atom. The largest absolute Gasteiger partial charge is 0.396 e. The van der Waals surface area contributed by atoms with E-state index in [0.717, 1.165) is 11.1 Å². The number of amides is 1. The minimum absolute atomic E-state index is 0.186. The summed E-state index contributed by atoms with van der Waals surface area (Å²) >= 11 is 6.10. The summed E-state index contributed by atoms with van der Waals surface area (Å²) in [6, 6.07) is 7.33. The predicted molar refractivity (Wildman–Crippen MR) is 85.0 cm³/mol. The van der Waals surface area contributed by atoms with Gasteiger partial charge in [-0.2, -0.15) is 0 Å². The molecule has 1 amide bonds. The van der Waals surface area contributed by atoms with Gasteiger partial charge in [-0.1, -0.05) is 36.7 Å². The van der Waals surface area contributed by atoms with Crippen LogP contribution in [0.25, 0.3) is 5.57 Å². The molecule has 0 aromatic heterocycles. The smallest absolute Gasteiger partial charge is 0.246 e. The summed E-state index contributed by atoms with van der Waals surface area (Å²) in [5.41, 5.74) is 0.872. The molecule has 1 aromatic rings. The third-order valence-corrected chi connectivity index (χ3v) is 3.73. The average molecular weight is 312 g/mol. The van der Waals surface area contributed by atoms with Gasteiger partial charge in [-0.05, 0) is 24.1 Å². The molecule has 0 fully saturated rings. The molecule has 0 bridgehead atoms. The van der Waals surface area contributed by atoms with Gasteiger partial charge in [0.15, 0.2) is 0 Å². The van der Waals surface area contributed by atoms with Crippen LogP contribution in [0.2, 0.25) is 5.02 Å². The average Bonchev–Trinajstić information content (AvgIpc) is 2.47. The minimum Gasteiger partial charge on any atom is -0.396 e. The van der Waals surface area contributed by atoms with Gasteiger partial charge in [-0.3, -0.25) is 4.79 Å². The first-order chi connectivity index (χ1) is 9.83. The minimum atomic E-state index is -0.712. The standard InChI is InChI=1S/C16H22ClNO3/c1-12(13-6-4-5-7-14(13)17)8-15(21)18(3)9-16(2,10-19)11-20/h4-8,19-20H,9-11H2,1-3H3/b12-8-. The van der Waals surface area contributed by atoms with E-state index in [1.807, 2.05) is 25.1 Å². The number of aliphatic hydroxyl groups excluding tert-OH is 2. The summed E-state index contributed by atoms with van der Waals surface area (Å²) in [4.78, 5) is 13.7. The van der Waals surface area contributed by atoms with Gasteiger partial charge in [-0.15, -0.1) is 0 Å². The SMILES string of the molecule is C/C(=C/C(=O)N(C)CC(C)(CO)CO)c1ccccc1Cl. The molecule has 4 nitrogen and oxygen atoms in total. The molecule has 0 unspecified atom stereocenters. The lowest BCUT2D eigenvalue weighted by Crippen LogP contribution is -2.41. The van der Waals surface area contributed by atoms with Gasteiger partial charge in [0.05, 0.1) is 13.2 Å². The maximum absolute atomic E-state index is 12.2. The van der Waals surface area contributed by atoms with E-state index >= 15 is 0 Å². The fraction of sp³-hybridized carbons (Fsp3) is 0.438. The lowest BCUT2D eigenvalue weighted by Gasteiger charge is -2.29. The molecule has 1 aromatic carbocycles. The second kappa shape index (κ2) is 7.59. The fourth-order valence-corrected chi connectivity index (χ4v) is 2.24. The summed E-state index contributed by atoms with van der Waals surface area (Å²) in [6.07, 6.45) is 1.51. The quantitative estimate of drug-likeness (QED) is 0.792. The van der Waals surface area contributed by atoms with E-state index in [4.69, 9.17) is 11.6 Å². The Kier molecular flexibility index (Phi) is 6.40. The van der Waals surface area contributed by atoms with Crippen LogP contribution in [0.3, 0.4) is 0 Å². The molecule has 0 radical (unpaired) electrons. The molecular formula is C16H22ClNO3. The molecule has 2 N–H and O–H groups in total. The van der Waals surface area contributed by atoms with Crippen LogP contribution in [0.15, 0.2) is 30.3 Å². The first kappa shape index (κ1) is 17.7. The van der Waals surface area contributed by atoms with Crippen LogP contribution >= 0.6 is 11.6 Å². The van der Waals surface area contributed by atoms with E-state index < -0.39 is 5.41 Å². The van der Waals surface area contributed by atoms with Crippen LogP contribution < -0.4 is 0 Å². The number of nitrogens with zero attached hydrogens (tertiary/aromatic N) is 1. The van der Waals surface area contributed by atoms with Crippen molar-refractivity contribution in [3.8, 4) is 0 Å². The summed E-state index contributed by atoms with van der Waals surface area (Å²) in [5.74, 6) is -0.194. The molecule has 0 heterocycles. The molecular weight excluding hydrogens is 290 g/mol. The highest BCUT2D eigenvalue weighted by molar-refractivity contribution is 6.32. The van der Waals surface area contributed by atoms with Crippen LogP contribution in [0.4, 0.5) is 0 Å². The van der Waals surface area contributed by atoms with Crippen LogP contribution in [-0.4, -0.2) is 47.8 Å². The number of halogens is 1. The van der Waals surface area contributed by atoms with Crippen LogP contribution in [0.5, 0.6) is 0 Å². The Morgan fingerprint density at radius 3 is 2.43 bits per heavy atom. The number of allylic oxidation sites excluding steroid dienone is 1. The van der Waals surface area contributed by atoms with Gasteiger partial charge in [0, 0.05) is 30.1 Å². The van der Waals surface area contributed by atoms with E-state index in [-0.39, 0.29) is 25.7 Å².